The summed E-state index contributed by atoms with van der Waals surface area (Å²) in [6.07, 6.45) is 4.90. The Hall–Kier alpha value is -2.14. The molecule has 1 saturated carbocycles. The van der Waals surface area contributed by atoms with Crippen molar-refractivity contribution in [1.82, 2.24) is 5.32 Å². The van der Waals surface area contributed by atoms with Gasteiger partial charge < -0.3 is 10.2 Å². The Morgan fingerprint density at radius 3 is 2.48 bits per heavy atom. The molecule has 0 unspecified atom stereocenters. The zero-order valence-corrected chi connectivity index (χ0v) is 16.8. The summed E-state index contributed by atoms with van der Waals surface area (Å²) in [4.78, 5) is 26.3. The maximum Gasteiger partial charge on any atom is 0.251 e. The fourth-order valence-corrected chi connectivity index (χ4v) is 4.45. The number of halogens is 1. The normalized spacial score (nSPS) is 18.3. The van der Waals surface area contributed by atoms with Crippen LogP contribution in [0.25, 0.3) is 0 Å². The highest BCUT2D eigenvalue weighted by Crippen LogP contribution is 2.43. The summed E-state index contributed by atoms with van der Waals surface area (Å²) in [7, 11) is 0. The van der Waals surface area contributed by atoms with E-state index in [1.807, 2.05) is 30.3 Å². The van der Waals surface area contributed by atoms with Crippen LogP contribution < -0.4 is 10.2 Å². The van der Waals surface area contributed by atoms with Crippen molar-refractivity contribution in [3.05, 3.63) is 64.1 Å². The zero-order valence-electron chi connectivity index (χ0n) is 15.2. The number of hydrogen-bond donors (Lipinski definition) is 1. The third-order valence-corrected chi connectivity index (χ3v) is 6.34. The lowest BCUT2D eigenvalue weighted by molar-refractivity contribution is -0.117. The zero-order chi connectivity index (χ0) is 18.9. The van der Waals surface area contributed by atoms with Gasteiger partial charge in [-0.15, -0.1) is 0 Å². The lowest BCUT2D eigenvalue weighted by Crippen LogP contribution is -2.45. The van der Waals surface area contributed by atoms with Crippen LogP contribution in [-0.2, 0) is 10.2 Å². The molecule has 2 aromatic rings. The molecule has 1 heterocycles. The van der Waals surface area contributed by atoms with E-state index in [-0.39, 0.29) is 17.2 Å². The number of nitrogens with one attached hydrogen (secondary N) is 1. The summed E-state index contributed by atoms with van der Waals surface area (Å²) >= 11 is 3.55. The van der Waals surface area contributed by atoms with Crippen molar-refractivity contribution in [3.63, 3.8) is 0 Å². The molecule has 1 aliphatic carbocycles. The highest BCUT2D eigenvalue weighted by atomic mass is 79.9. The summed E-state index contributed by atoms with van der Waals surface area (Å²) in [6, 6.07) is 15.7. The Labute approximate surface area is 168 Å². The van der Waals surface area contributed by atoms with Gasteiger partial charge in [0.2, 0.25) is 5.91 Å². The van der Waals surface area contributed by atoms with E-state index in [9.17, 15) is 9.59 Å². The van der Waals surface area contributed by atoms with Crippen molar-refractivity contribution in [3.8, 4) is 0 Å². The second-order valence-electron chi connectivity index (χ2n) is 7.52. The Bertz CT molecular complexity index is 859. The average molecular weight is 427 g/mol. The standard InChI is InChI=1S/C22H23BrN2O2/c23-18-5-1-4-17(14-18)22(11-3-12-22)15-24-21(27)16-7-9-19(10-8-16)25-13-2-6-20(25)26/h1,4-5,7-10,14H,2-3,6,11-13,15H2,(H,24,27). The molecule has 1 N–H and O–H groups in total. The van der Waals surface area contributed by atoms with Crippen molar-refractivity contribution in [2.24, 2.45) is 0 Å². The van der Waals surface area contributed by atoms with Crippen LogP contribution >= 0.6 is 15.9 Å². The van der Waals surface area contributed by atoms with Gasteiger partial charge in [-0.2, -0.15) is 0 Å². The SMILES string of the molecule is O=C(NCC1(c2cccc(Br)c2)CCC1)c1ccc(N2CCCC2=O)cc1. The fourth-order valence-electron chi connectivity index (χ4n) is 4.05. The van der Waals surface area contributed by atoms with Crippen LogP contribution in [0.4, 0.5) is 5.69 Å². The summed E-state index contributed by atoms with van der Waals surface area (Å²) in [5.74, 6) is 0.101. The second kappa shape index (κ2) is 7.47. The molecule has 0 radical (unpaired) electrons. The molecule has 1 aliphatic heterocycles. The molecule has 1 saturated heterocycles. The Morgan fingerprint density at radius 1 is 1.11 bits per heavy atom. The van der Waals surface area contributed by atoms with Crippen LogP contribution in [0.15, 0.2) is 53.0 Å². The van der Waals surface area contributed by atoms with Gasteiger partial charge in [-0.05, 0) is 61.2 Å². The molecule has 27 heavy (non-hydrogen) atoms. The van der Waals surface area contributed by atoms with Crippen LogP contribution in [0.2, 0.25) is 0 Å². The number of benzene rings is 2. The molecule has 4 rings (SSSR count). The Kier molecular flexibility index (Phi) is 5.04. The Balaban J connectivity index is 1.42. The van der Waals surface area contributed by atoms with Gasteiger partial charge in [0.25, 0.3) is 5.91 Å². The molecule has 140 valence electrons. The number of nitrogens with zero attached hydrogens (tertiary/aromatic N) is 1. The van der Waals surface area contributed by atoms with E-state index in [0.717, 1.165) is 36.0 Å². The number of carbonyl (C=O) groups is 2. The molecule has 4 nitrogen and oxygen atoms in total. The second-order valence-corrected chi connectivity index (χ2v) is 8.44. The Morgan fingerprint density at radius 2 is 1.89 bits per heavy atom. The maximum absolute atomic E-state index is 12.6. The molecule has 0 spiro atoms. The highest BCUT2D eigenvalue weighted by Gasteiger charge is 2.39. The van der Waals surface area contributed by atoms with Crippen LogP contribution in [0.3, 0.4) is 0 Å². The van der Waals surface area contributed by atoms with Gasteiger partial charge in [0.1, 0.15) is 0 Å². The van der Waals surface area contributed by atoms with Gasteiger partial charge >= 0.3 is 0 Å². The highest BCUT2D eigenvalue weighted by molar-refractivity contribution is 9.10. The molecule has 0 atom stereocenters. The molecular formula is C22H23BrN2O2. The van der Waals surface area contributed by atoms with Crippen molar-refractivity contribution >= 4 is 33.4 Å². The van der Waals surface area contributed by atoms with Gasteiger partial charge in [-0.25, -0.2) is 0 Å². The van der Waals surface area contributed by atoms with Crippen molar-refractivity contribution in [2.75, 3.05) is 18.0 Å². The predicted molar refractivity (Wildman–Crippen MR) is 110 cm³/mol. The molecular weight excluding hydrogens is 404 g/mol. The van der Waals surface area contributed by atoms with Gasteiger partial charge in [-0.1, -0.05) is 34.5 Å². The first-order chi connectivity index (χ1) is 13.1. The minimum Gasteiger partial charge on any atom is -0.351 e. The third kappa shape index (κ3) is 3.65. The van der Waals surface area contributed by atoms with E-state index in [1.54, 1.807) is 4.90 Å². The topological polar surface area (TPSA) is 49.4 Å². The molecule has 2 aromatic carbocycles. The van der Waals surface area contributed by atoms with Crippen LogP contribution in [-0.4, -0.2) is 24.9 Å². The molecule has 2 aliphatic rings. The van der Waals surface area contributed by atoms with E-state index < -0.39 is 0 Å². The summed E-state index contributed by atoms with van der Waals surface area (Å²) in [6.45, 7) is 1.41. The first kappa shape index (κ1) is 18.2. The van der Waals surface area contributed by atoms with Crippen molar-refractivity contribution in [1.29, 1.82) is 0 Å². The summed E-state index contributed by atoms with van der Waals surface area (Å²) in [5.41, 5.74) is 2.83. The summed E-state index contributed by atoms with van der Waals surface area (Å²) < 4.78 is 1.07. The first-order valence-electron chi connectivity index (χ1n) is 9.52. The number of hydrogen-bond acceptors (Lipinski definition) is 2. The van der Waals surface area contributed by atoms with Crippen molar-refractivity contribution in [2.45, 2.75) is 37.5 Å². The first-order valence-corrected chi connectivity index (χ1v) is 10.3. The molecule has 5 heteroatoms. The van der Waals surface area contributed by atoms with Crippen LogP contribution in [0, 0.1) is 0 Å². The van der Waals surface area contributed by atoms with Crippen LogP contribution in [0.5, 0.6) is 0 Å². The summed E-state index contributed by atoms with van der Waals surface area (Å²) in [5, 5.41) is 3.12. The monoisotopic (exact) mass is 426 g/mol. The lowest BCUT2D eigenvalue weighted by Gasteiger charge is -2.42. The molecule has 0 aromatic heterocycles. The quantitative estimate of drug-likeness (QED) is 0.768. The number of carbonyl (C=O) groups excluding carboxylic acids is 2. The smallest absolute Gasteiger partial charge is 0.251 e. The number of anilines is 1. The lowest BCUT2D eigenvalue weighted by atomic mass is 9.64. The van der Waals surface area contributed by atoms with Gasteiger partial charge in [0, 0.05) is 40.6 Å². The van der Waals surface area contributed by atoms with Gasteiger partial charge in [0.05, 0.1) is 0 Å². The van der Waals surface area contributed by atoms with E-state index in [4.69, 9.17) is 0 Å². The predicted octanol–water partition coefficient (Wildman–Crippen LogP) is 4.43. The van der Waals surface area contributed by atoms with E-state index >= 15 is 0 Å². The van der Waals surface area contributed by atoms with Gasteiger partial charge in [-0.3, -0.25) is 9.59 Å². The largest absolute Gasteiger partial charge is 0.351 e. The van der Waals surface area contributed by atoms with Gasteiger partial charge in [0.15, 0.2) is 0 Å². The molecule has 2 amide bonds. The minimum absolute atomic E-state index is 0.0430. The molecule has 2 fully saturated rings. The fraction of sp³-hybridized carbons (Fsp3) is 0.364. The maximum atomic E-state index is 12.6. The third-order valence-electron chi connectivity index (χ3n) is 5.85. The minimum atomic E-state index is -0.0597. The van der Waals surface area contributed by atoms with E-state index in [1.165, 1.54) is 12.0 Å². The van der Waals surface area contributed by atoms with E-state index in [0.29, 0.717) is 18.5 Å². The van der Waals surface area contributed by atoms with E-state index in [2.05, 4.69) is 39.4 Å². The molecule has 0 bridgehead atoms. The number of rotatable bonds is 5. The number of amides is 2. The van der Waals surface area contributed by atoms with Crippen LogP contribution in [0.1, 0.15) is 48.0 Å². The average Bonchev–Trinajstić information content (AvgIpc) is 3.07. The van der Waals surface area contributed by atoms with Crippen molar-refractivity contribution < 1.29 is 9.59 Å².